The Morgan fingerprint density at radius 2 is 1.81 bits per heavy atom. The normalized spacial score (nSPS) is 20.1. The van der Waals surface area contributed by atoms with Gasteiger partial charge in [-0.25, -0.2) is 9.97 Å². The van der Waals surface area contributed by atoms with Gasteiger partial charge in [0.25, 0.3) is 0 Å². The molecule has 2 fully saturated rings. The van der Waals surface area contributed by atoms with Gasteiger partial charge in [-0.1, -0.05) is 19.3 Å². The van der Waals surface area contributed by atoms with Crippen molar-refractivity contribution in [3.8, 4) is 0 Å². The largest absolute Gasteiger partial charge is 0.315 e. The molecule has 1 saturated carbocycles. The molecule has 0 atom stereocenters. The number of nitrogens with zero attached hydrogens (tertiary/aromatic N) is 4. The van der Waals surface area contributed by atoms with E-state index in [0.717, 1.165) is 28.3 Å². The number of thiazole rings is 1. The van der Waals surface area contributed by atoms with Crippen LogP contribution in [0.1, 0.15) is 67.1 Å². The maximum Gasteiger partial charge on any atom is 0.188 e. The van der Waals surface area contributed by atoms with E-state index in [4.69, 9.17) is 4.98 Å². The Labute approximate surface area is 166 Å². The molecular weight excluding hydrogens is 354 g/mol. The summed E-state index contributed by atoms with van der Waals surface area (Å²) in [5.41, 5.74) is 2.21. The van der Waals surface area contributed by atoms with E-state index in [0.29, 0.717) is 5.92 Å². The van der Waals surface area contributed by atoms with Crippen LogP contribution < -0.4 is 5.32 Å². The summed E-state index contributed by atoms with van der Waals surface area (Å²) in [5, 5.41) is 4.23. The van der Waals surface area contributed by atoms with Gasteiger partial charge in [-0.05, 0) is 58.5 Å². The first-order chi connectivity index (χ1) is 13.2. The van der Waals surface area contributed by atoms with Crippen LogP contribution in [0.15, 0.2) is 12.4 Å². The highest BCUT2D eigenvalue weighted by atomic mass is 32.1. The summed E-state index contributed by atoms with van der Waals surface area (Å²) in [6.45, 7) is 7.85. The molecule has 0 amide bonds. The third kappa shape index (κ3) is 4.85. The van der Waals surface area contributed by atoms with Crippen molar-refractivity contribution in [1.29, 1.82) is 0 Å². The zero-order valence-electron chi connectivity index (χ0n) is 16.6. The highest BCUT2D eigenvalue weighted by molar-refractivity contribution is 7.15. The maximum absolute atomic E-state index is 4.85. The lowest BCUT2D eigenvalue weighted by molar-refractivity contribution is 0.163. The summed E-state index contributed by atoms with van der Waals surface area (Å²) in [4.78, 5) is 17.8. The first kappa shape index (κ1) is 18.8. The summed E-state index contributed by atoms with van der Waals surface area (Å²) in [6, 6.07) is 0. The van der Waals surface area contributed by atoms with Crippen LogP contribution in [-0.2, 0) is 0 Å². The lowest BCUT2D eigenvalue weighted by atomic mass is 9.87. The molecule has 0 aromatic carbocycles. The van der Waals surface area contributed by atoms with Crippen LogP contribution in [0.4, 0.5) is 10.9 Å². The number of hydrogen-bond acceptors (Lipinski definition) is 6. The number of nitrogens with one attached hydrogen (secondary N) is 1. The van der Waals surface area contributed by atoms with Gasteiger partial charge in [0.05, 0.1) is 17.6 Å². The Kier molecular flexibility index (Phi) is 6.03. The average Bonchev–Trinajstić information content (AvgIpc) is 3.00. The second-order valence-corrected chi connectivity index (χ2v) is 9.40. The third-order valence-electron chi connectivity index (χ3n) is 6.16. The summed E-state index contributed by atoms with van der Waals surface area (Å²) < 4.78 is 0. The number of rotatable bonds is 5. The van der Waals surface area contributed by atoms with Crippen molar-refractivity contribution >= 4 is 22.3 Å². The molecule has 1 saturated heterocycles. The van der Waals surface area contributed by atoms with Crippen molar-refractivity contribution < 1.29 is 0 Å². The van der Waals surface area contributed by atoms with Crippen LogP contribution in [0, 0.1) is 19.8 Å². The summed E-state index contributed by atoms with van der Waals surface area (Å²) in [6.07, 6.45) is 13.3. The Bertz CT molecular complexity index is 725. The average molecular weight is 386 g/mol. The molecule has 2 aromatic rings. The molecule has 1 aliphatic heterocycles. The predicted octanol–water partition coefficient (Wildman–Crippen LogP) is 5.05. The second-order valence-electron chi connectivity index (χ2n) is 8.19. The Morgan fingerprint density at radius 3 is 2.52 bits per heavy atom. The smallest absolute Gasteiger partial charge is 0.188 e. The van der Waals surface area contributed by atoms with Crippen molar-refractivity contribution in [1.82, 2.24) is 19.9 Å². The molecule has 3 heterocycles. The van der Waals surface area contributed by atoms with Gasteiger partial charge < -0.3 is 10.2 Å². The first-order valence-electron chi connectivity index (χ1n) is 10.4. The van der Waals surface area contributed by atoms with Gasteiger partial charge in [-0.15, -0.1) is 11.3 Å². The molecule has 6 heteroatoms. The summed E-state index contributed by atoms with van der Waals surface area (Å²) in [5.74, 6) is 2.28. The number of piperidine rings is 1. The van der Waals surface area contributed by atoms with E-state index in [-0.39, 0.29) is 0 Å². The van der Waals surface area contributed by atoms with Crippen molar-refractivity contribution in [2.45, 2.75) is 64.7 Å². The minimum Gasteiger partial charge on any atom is -0.315 e. The highest BCUT2D eigenvalue weighted by Crippen LogP contribution is 2.30. The number of anilines is 2. The minimum absolute atomic E-state index is 0.529. The molecule has 0 radical (unpaired) electrons. The van der Waals surface area contributed by atoms with Crippen LogP contribution in [-0.4, -0.2) is 39.5 Å². The summed E-state index contributed by atoms with van der Waals surface area (Å²) >= 11 is 1.67. The molecule has 4 rings (SSSR count). The van der Waals surface area contributed by atoms with E-state index < -0.39 is 0 Å². The molecule has 2 aliphatic rings. The minimum atomic E-state index is 0.529. The molecule has 2 aromatic heterocycles. The van der Waals surface area contributed by atoms with E-state index in [1.54, 1.807) is 17.5 Å². The van der Waals surface area contributed by atoms with Crippen molar-refractivity contribution in [2.24, 2.45) is 5.92 Å². The van der Waals surface area contributed by atoms with Crippen molar-refractivity contribution in [2.75, 3.05) is 25.0 Å². The molecule has 1 aliphatic carbocycles. The van der Waals surface area contributed by atoms with Gasteiger partial charge in [-0.2, -0.15) is 0 Å². The molecule has 146 valence electrons. The quantitative estimate of drug-likeness (QED) is 0.780. The molecule has 1 N–H and O–H groups in total. The van der Waals surface area contributed by atoms with Crippen LogP contribution in [0.5, 0.6) is 0 Å². The van der Waals surface area contributed by atoms with Gasteiger partial charge >= 0.3 is 0 Å². The maximum atomic E-state index is 4.85. The molecule has 5 nitrogen and oxygen atoms in total. The van der Waals surface area contributed by atoms with E-state index in [2.05, 4.69) is 27.1 Å². The highest BCUT2D eigenvalue weighted by Gasteiger charge is 2.24. The van der Waals surface area contributed by atoms with Gasteiger partial charge in [0.1, 0.15) is 0 Å². The van der Waals surface area contributed by atoms with Gasteiger partial charge in [0, 0.05) is 23.5 Å². The second kappa shape index (κ2) is 8.65. The molecule has 27 heavy (non-hydrogen) atoms. The van der Waals surface area contributed by atoms with Crippen molar-refractivity contribution in [3.63, 3.8) is 0 Å². The van der Waals surface area contributed by atoms with E-state index in [1.165, 1.54) is 69.5 Å². The lowest BCUT2D eigenvalue weighted by Crippen LogP contribution is -2.37. The van der Waals surface area contributed by atoms with Crippen LogP contribution in [0.25, 0.3) is 0 Å². The molecular formula is C21H31N5S. The Hall–Kier alpha value is -1.53. The zero-order chi connectivity index (χ0) is 18.6. The SMILES string of the molecule is Cc1nc(Nc2cncc(C3CCN(CC4CCCCC4)CC3)n2)sc1C. The van der Waals surface area contributed by atoms with Gasteiger partial charge in [-0.3, -0.25) is 4.98 Å². The number of aromatic nitrogens is 3. The summed E-state index contributed by atoms with van der Waals surface area (Å²) in [7, 11) is 0. The zero-order valence-corrected chi connectivity index (χ0v) is 17.4. The number of likely N-dealkylation sites (tertiary alicyclic amines) is 1. The standard InChI is InChI=1S/C21H31N5S/c1-15-16(2)27-21(23-15)25-20-13-22-12-19(24-20)18-8-10-26(11-9-18)14-17-6-4-3-5-7-17/h12-13,17-18H,3-11,14H2,1-2H3,(H,23,24,25). The van der Waals surface area contributed by atoms with Crippen LogP contribution in [0.3, 0.4) is 0 Å². The van der Waals surface area contributed by atoms with E-state index in [9.17, 15) is 0 Å². The lowest BCUT2D eigenvalue weighted by Gasteiger charge is -2.35. The Morgan fingerprint density at radius 1 is 1.04 bits per heavy atom. The fourth-order valence-corrected chi connectivity index (χ4v) is 5.24. The predicted molar refractivity (Wildman–Crippen MR) is 112 cm³/mol. The van der Waals surface area contributed by atoms with E-state index >= 15 is 0 Å². The van der Waals surface area contributed by atoms with Crippen LogP contribution >= 0.6 is 11.3 Å². The van der Waals surface area contributed by atoms with Crippen molar-refractivity contribution in [3.05, 3.63) is 28.7 Å². The van der Waals surface area contributed by atoms with Crippen LogP contribution in [0.2, 0.25) is 0 Å². The molecule has 0 unspecified atom stereocenters. The Balaban J connectivity index is 1.32. The monoisotopic (exact) mass is 385 g/mol. The van der Waals surface area contributed by atoms with Gasteiger partial charge in [0.2, 0.25) is 0 Å². The van der Waals surface area contributed by atoms with E-state index in [1.807, 2.05) is 13.1 Å². The topological polar surface area (TPSA) is 53.9 Å². The molecule has 0 spiro atoms. The molecule has 0 bridgehead atoms. The third-order valence-corrected chi connectivity index (χ3v) is 7.15. The fraction of sp³-hybridized carbons (Fsp3) is 0.667. The number of hydrogen-bond donors (Lipinski definition) is 1. The number of aryl methyl sites for hydroxylation is 2. The first-order valence-corrected chi connectivity index (χ1v) is 11.2. The fourth-order valence-electron chi connectivity index (χ4n) is 4.42. The van der Waals surface area contributed by atoms with Gasteiger partial charge in [0.15, 0.2) is 10.9 Å².